The smallest absolute Gasteiger partial charge is 0.0569 e. The van der Waals surface area contributed by atoms with Crippen LogP contribution in [0.15, 0.2) is 54.6 Å². The Morgan fingerprint density at radius 3 is 1.88 bits per heavy atom. The van der Waals surface area contributed by atoms with Crippen molar-refractivity contribution in [1.82, 2.24) is 0 Å². The number of unbranched alkanes of at least 4 members (excludes halogenated alkanes) is 2. The van der Waals surface area contributed by atoms with Gasteiger partial charge in [-0.15, -0.1) is 0 Å². The molecule has 0 aliphatic rings. The average molecular weight is 503 g/mol. The zero-order valence-corrected chi connectivity index (χ0v) is 20.3. The number of aryl methyl sites for hydroxylation is 1. The molecule has 2 aromatic carbocycles. The molecule has 0 radical (unpaired) electrons. The minimum Gasteiger partial charge on any atom is -1.00 e. The predicted octanol–water partition coefficient (Wildman–Crippen LogP) is 0.588. The second-order valence-electron chi connectivity index (χ2n) is 5.44. The largest absolute Gasteiger partial charge is 1.00 e. The molecule has 0 aliphatic carbocycles. The molecular weight excluding hydrogens is 475 g/mol. The van der Waals surface area contributed by atoms with E-state index in [9.17, 15) is 13.2 Å². The maximum Gasteiger partial charge on any atom is -0.0569 e. The molecule has 2 aromatic rings. The Labute approximate surface area is 183 Å². The van der Waals surface area contributed by atoms with Gasteiger partial charge in [0.1, 0.15) is 0 Å². The average Bonchev–Trinajstić information content (AvgIpc) is 3.25. The van der Waals surface area contributed by atoms with Crippen molar-refractivity contribution in [2.45, 2.75) is 57.8 Å². The summed E-state index contributed by atoms with van der Waals surface area (Å²) >= 11 is 0.689. The van der Waals surface area contributed by atoms with Crippen molar-refractivity contribution in [3.8, 4) is 0 Å². The van der Waals surface area contributed by atoms with Gasteiger partial charge in [0.05, 0.1) is 0 Å². The summed E-state index contributed by atoms with van der Waals surface area (Å²) < 4.78 is 35.5. The maximum absolute atomic E-state index is 11.8. The normalized spacial score (nSPS) is 9.50. The van der Waals surface area contributed by atoms with E-state index in [1.165, 1.54) is 24.8 Å². The Hall–Kier alpha value is 0.170. The topological polar surface area (TPSA) is 0 Å². The number of alkyl halides is 3. The molecule has 0 saturated carbocycles. The Balaban J connectivity index is -0.000000306. The molecular formula is C19H27Cl2F3SiZr-2. The van der Waals surface area contributed by atoms with Gasteiger partial charge in [0.25, 0.3) is 0 Å². The summed E-state index contributed by atoms with van der Waals surface area (Å²) in [5, 5.41) is 0. The number of hydrogen-bond donors (Lipinski definition) is 0. The van der Waals surface area contributed by atoms with Crippen molar-refractivity contribution in [3.05, 3.63) is 60.2 Å². The molecule has 2 rings (SSSR count). The molecule has 0 bridgehead atoms. The first-order valence-corrected chi connectivity index (χ1v) is 13.8. The van der Waals surface area contributed by atoms with E-state index in [1.807, 2.05) is 37.3 Å². The van der Waals surface area contributed by atoms with Gasteiger partial charge in [-0.1, -0.05) is 26.2 Å². The maximum atomic E-state index is 11.8. The van der Waals surface area contributed by atoms with E-state index in [2.05, 4.69) is 31.2 Å². The van der Waals surface area contributed by atoms with E-state index in [0.29, 0.717) is 29.4 Å². The van der Waals surface area contributed by atoms with Crippen LogP contribution in [0.1, 0.15) is 45.1 Å². The van der Waals surface area contributed by atoms with Gasteiger partial charge in [-0.25, -0.2) is 18.2 Å². The van der Waals surface area contributed by atoms with E-state index < -0.39 is 11.2 Å². The van der Waals surface area contributed by atoms with Crippen LogP contribution in [0.4, 0.5) is 13.2 Å². The minimum atomic E-state index is -3.85. The second-order valence-corrected chi connectivity index (χ2v) is 11.9. The van der Waals surface area contributed by atoms with Crippen LogP contribution in [-0.4, -0.2) is 11.2 Å². The Kier molecular flexibility index (Phi) is 23.7. The van der Waals surface area contributed by atoms with Crippen LogP contribution in [0.2, 0.25) is 6.04 Å². The third-order valence-electron chi connectivity index (χ3n) is 3.23. The van der Waals surface area contributed by atoms with Crippen LogP contribution in [0, 0.1) is 0 Å². The van der Waals surface area contributed by atoms with Crippen LogP contribution in [0.5, 0.6) is 0 Å². The zero-order valence-electron chi connectivity index (χ0n) is 15.3. The van der Waals surface area contributed by atoms with Crippen molar-refractivity contribution in [2.24, 2.45) is 0 Å². The fourth-order valence-electron chi connectivity index (χ4n) is 1.78. The molecule has 0 heterocycles. The Bertz CT molecular complexity index is 480. The van der Waals surface area contributed by atoms with E-state index in [0.717, 1.165) is 12.8 Å². The number of halogens is 5. The van der Waals surface area contributed by atoms with Crippen LogP contribution in [0.25, 0.3) is 0 Å². The van der Waals surface area contributed by atoms with Gasteiger partial charge in [0, 0.05) is 0 Å². The summed E-state index contributed by atoms with van der Waals surface area (Å²) in [6, 6.07) is 19.0. The standard InChI is InChI=1S/C9H13.C5H9F3Si.C5H5.2ClH.Zr/c1-2-3-6-9-7-4-5-8-9;1-2-3-4-9-5(6,7)8;1-2-4-5-3-1;;;/h4-5,7-8H,2-3,6H2,1H3;2-4H2,1H3;1-5H;2*1H;/q-1;;-1;;;+2/p-2. The van der Waals surface area contributed by atoms with Crippen molar-refractivity contribution >= 4 is 5.43 Å². The fourth-order valence-corrected chi connectivity index (χ4v) is 4.07. The molecule has 0 atom stereocenters. The summed E-state index contributed by atoms with van der Waals surface area (Å²) in [5.41, 5.74) is -0.495. The molecule has 0 aliphatic heterocycles. The predicted molar refractivity (Wildman–Crippen MR) is 94.2 cm³/mol. The molecule has 0 nitrogen and oxygen atoms in total. The Morgan fingerprint density at radius 2 is 1.54 bits per heavy atom. The second kappa shape index (κ2) is 19.9. The fraction of sp³-hybridized carbons (Fsp3) is 0.474. The van der Waals surface area contributed by atoms with Gasteiger partial charge >= 0.3 is 73.5 Å². The zero-order chi connectivity index (χ0) is 18.3. The summed E-state index contributed by atoms with van der Waals surface area (Å²) in [4.78, 5) is 0. The van der Waals surface area contributed by atoms with E-state index in [-0.39, 0.29) is 24.8 Å². The van der Waals surface area contributed by atoms with Crippen LogP contribution < -0.4 is 24.8 Å². The summed E-state index contributed by atoms with van der Waals surface area (Å²) in [5.74, 6) is -3.85. The minimum absolute atomic E-state index is 0. The molecule has 0 saturated heterocycles. The quantitative estimate of drug-likeness (QED) is 0.401. The SMILES string of the molecule is CCCC[Si](=[Zr+2])C(F)(F)F.CCCCc1cc[cH-]c1.[Cl-].[Cl-].c1cc[cH-]c1. The first-order valence-electron chi connectivity index (χ1n) is 8.43. The molecule has 0 amide bonds. The number of rotatable bonds is 6. The van der Waals surface area contributed by atoms with Gasteiger partial charge in [0.2, 0.25) is 0 Å². The summed E-state index contributed by atoms with van der Waals surface area (Å²) in [7, 11) is 0. The molecule has 0 spiro atoms. The molecule has 0 unspecified atom stereocenters. The third kappa shape index (κ3) is 18.9. The molecule has 0 aromatic heterocycles. The van der Waals surface area contributed by atoms with E-state index in [4.69, 9.17) is 0 Å². The monoisotopic (exact) mass is 500 g/mol. The van der Waals surface area contributed by atoms with Crippen molar-refractivity contribution in [3.63, 3.8) is 0 Å². The van der Waals surface area contributed by atoms with Gasteiger partial charge in [-0.3, -0.25) is 0 Å². The molecule has 0 fully saturated rings. The summed E-state index contributed by atoms with van der Waals surface area (Å²) in [6.45, 7) is 4.14. The van der Waals surface area contributed by atoms with Gasteiger partial charge in [0.15, 0.2) is 0 Å². The van der Waals surface area contributed by atoms with Gasteiger partial charge < -0.3 is 24.8 Å². The van der Waals surface area contributed by atoms with Crippen LogP contribution >= 0.6 is 0 Å². The molecule has 0 N–H and O–H groups in total. The first kappa shape index (κ1) is 30.9. The van der Waals surface area contributed by atoms with Crippen LogP contribution in [0.3, 0.4) is 0 Å². The molecule has 7 heteroatoms. The first-order chi connectivity index (χ1) is 11.4. The van der Waals surface area contributed by atoms with Gasteiger partial charge in [-0.05, 0) is 0 Å². The number of hydrogen-bond acceptors (Lipinski definition) is 0. The van der Waals surface area contributed by atoms with Crippen LogP contribution in [-0.2, 0) is 29.8 Å². The molecule has 26 heavy (non-hydrogen) atoms. The van der Waals surface area contributed by atoms with Crippen molar-refractivity contribution in [2.75, 3.05) is 0 Å². The Morgan fingerprint density at radius 1 is 0.962 bits per heavy atom. The third-order valence-corrected chi connectivity index (χ3v) is 8.70. The van der Waals surface area contributed by atoms with Crippen molar-refractivity contribution in [1.29, 1.82) is 0 Å². The van der Waals surface area contributed by atoms with E-state index >= 15 is 0 Å². The van der Waals surface area contributed by atoms with E-state index in [1.54, 1.807) is 0 Å². The summed E-state index contributed by atoms with van der Waals surface area (Å²) in [6.07, 6.45) is 5.48. The van der Waals surface area contributed by atoms with Crippen molar-refractivity contribution < 1.29 is 61.3 Å². The molecule has 148 valence electrons. The van der Waals surface area contributed by atoms with Gasteiger partial charge in [-0.2, -0.15) is 42.0 Å².